The van der Waals surface area contributed by atoms with Crippen LogP contribution >= 0.6 is 22.9 Å². The fourth-order valence-electron chi connectivity index (χ4n) is 3.27. The van der Waals surface area contributed by atoms with Crippen LogP contribution in [0.1, 0.15) is 11.1 Å². The summed E-state index contributed by atoms with van der Waals surface area (Å²) in [7, 11) is 0. The second kappa shape index (κ2) is 6.78. The number of anilines is 1. The van der Waals surface area contributed by atoms with E-state index in [0.29, 0.717) is 10.6 Å². The van der Waals surface area contributed by atoms with Crippen LogP contribution in [0, 0.1) is 0 Å². The molecule has 4 aromatic rings. The minimum atomic E-state index is -0.137. The zero-order chi connectivity index (χ0) is 19.1. The van der Waals surface area contributed by atoms with Crippen LogP contribution in [0.5, 0.6) is 0 Å². The van der Waals surface area contributed by atoms with Gasteiger partial charge in [-0.25, -0.2) is 4.68 Å². The summed E-state index contributed by atoms with van der Waals surface area (Å²) < 4.78 is 1.84. The number of amides is 1. The Morgan fingerprint density at radius 2 is 1.93 bits per heavy atom. The van der Waals surface area contributed by atoms with E-state index in [2.05, 4.69) is 5.32 Å². The second-order valence-corrected chi connectivity index (χ2v) is 7.78. The van der Waals surface area contributed by atoms with E-state index in [-0.39, 0.29) is 5.91 Å². The topological polar surface area (TPSA) is 46.9 Å². The maximum atomic E-state index is 12.6. The highest BCUT2D eigenvalue weighted by Crippen LogP contribution is 2.37. The maximum Gasteiger partial charge on any atom is 0.256 e. The van der Waals surface area contributed by atoms with Crippen LogP contribution in [0.2, 0.25) is 5.02 Å². The van der Waals surface area contributed by atoms with Crippen molar-refractivity contribution in [3.63, 3.8) is 0 Å². The Morgan fingerprint density at radius 3 is 2.71 bits per heavy atom. The van der Waals surface area contributed by atoms with Crippen molar-refractivity contribution >= 4 is 46.2 Å². The summed E-state index contributed by atoms with van der Waals surface area (Å²) >= 11 is 7.77. The zero-order valence-corrected chi connectivity index (χ0v) is 16.2. The molecular formula is C22H14ClN3OS. The van der Waals surface area contributed by atoms with Crippen molar-refractivity contribution in [2.75, 3.05) is 5.32 Å². The Bertz CT molecular complexity index is 1210. The Labute approximate surface area is 170 Å². The van der Waals surface area contributed by atoms with E-state index in [9.17, 15) is 4.79 Å². The van der Waals surface area contributed by atoms with Gasteiger partial charge in [0.05, 0.1) is 10.6 Å². The molecule has 28 heavy (non-hydrogen) atoms. The molecule has 6 heteroatoms. The number of benzene rings is 2. The van der Waals surface area contributed by atoms with E-state index >= 15 is 0 Å². The number of hydrogen-bond donors (Lipinski definition) is 1. The monoisotopic (exact) mass is 403 g/mol. The third-order valence-corrected chi connectivity index (χ3v) is 5.69. The SMILES string of the molecule is O=C1Nc2ccc(Cl)cc2/C1=C/c1cn(-c2ccccc2)nc1-c1cccs1. The highest BCUT2D eigenvalue weighted by atomic mass is 35.5. The Kier molecular flexibility index (Phi) is 4.11. The molecule has 0 bridgehead atoms. The first-order chi connectivity index (χ1) is 13.7. The molecule has 0 radical (unpaired) electrons. The number of hydrogen-bond acceptors (Lipinski definition) is 3. The second-order valence-electron chi connectivity index (χ2n) is 6.39. The molecule has 0 spiro atoms. The van der Waals surface area contributed by atoms with Gasteiger partial charge in [-0.3, -0.25) is 4.79 Å². The van der Waals surface area contributed by atoms with Crippen molar-refractivity contribution in [3.05, 3.63) is 88.4 Å². The molecule has 0 atom stereocenters. The van der Waals surface area contributed by atoms with E-state index in [0.717, 1.165) is 33.1 Å². The standard InChI is InChI=1S/C22H14ClN3OS/c23-15-8-9-19-17(12-15)18(22(27)24-19)11-14-13-26(16-5-2-1-3-6-16)25-21(14)20-7-4-10-28-20/h1-13H,(H,24,27)/b18-11-. The van der Waals surface area contributed by atoms with Gasteiger partial charge < -0.3 is 5.32 Å². The quantitative estimate of drug-likeness (QED) is 0.443. The van der Waals surface area contributed by atoms with Gasteiger partial charge in [-0.15, -0.1) is 11.3 Å². The number of thiophene rings is 1. The number of rotatable bonds is 3. The minimum absolute atomic E-state index is 0.137. The van der Waals surface area contributed by atoms with Crippen molar-refractivity contribution in [2.24, 2.45) is 0 Å². The predicted octanol–water partition coefficient (Wildman–Crippen LogP) is 5.75. The molecule has 2 aromatic carbocycles. The van der Waals surface area contributed by atoms with Crippen LogP contribution < -0.4 is 5.32 Å². The highest BCUT2D eigenvalue weighted by Gasteiger charge is 2.25. The van der Waals surface area contributed by atoms with Gasteiger partial charge in [-0.1, -0.05) is 35.9 Å². The van der Waals surface area contributed by atoms with Gasteiger partial charge >= 0.3 is 0 Å². The molecule has 4 nitrogen and oxygen atoms in total. The fourth-order valence-corrected chi connectivity index (χ4v) is 4.17. The number of carbonyl (C=O) groups excluding carboxylic acids is 1. The molecule has 1 aliphatic rings. The molecule has 5 rings (SSSR count). The van der Waals surface area contributed by atoms with Crippen molar-refractivity contribution in [2.45, 2.75) is 0 Å². The van der Waals surface area contributed by atoms with Gasteiger partial charge in [0, 0.05) is 33.6 Å². The number of carbonyl (C=O) groups is 1. The lowest BCUT2D eigenvalue weighted by molar-refractivity contribution is -0.110. The number of aromatic nitrogens is 2. The summed E-state index contributed by atoms with van der Waals surface area (Å²) in [6, 6.07) is 19.4. The number of nitrogens with one attached hydrogen (secondary N) is 1. The van der Waals surface area contributed by atoms with Crippen LogP contribution in [-0.4, -0.2) is 15.7 Å². The molecule has 1 amide bonds. The van der Waals surface area contributed by atoms with Crippen molar-refractivity contribution in [3.8, 4) is 16.3 Å². The fraction of sp³-hybridized carbons (Fsp3) is 0. The number of fused-ring (bicyclic) bond motifs is 1. The molecule has 2 aromatic heterocycles. The zero-order valence-electron chi connectivity index (χ0n) is 14.6. The number of nitrogens with zero attached hydrogens (tertiary/aromatic N) is 2. The largest absolute Gasteiger partial charge is 0.321 e. The van der Waals surface area contributed by atoms with E-state index in [1.54, 1.807) is 17.4 Å². The van der Waals surface area contributed by atoms with Crippen LogP contribution in [0.15, 0.2) is 72.2 Å². The lowest BCUT2D eigenvalue weighted by atomic mass is 10.0. The summed E-state index contributed by atoms with van der Waals surface area (Å²) in [5.74, 6) is -0.137. The summed E-state index contributed by atoms with van der Waals surface area (Å²) in [5, 5.41) is 10.3. The minimum Gasteiger partial charge on any atom is -0.321 e. The third kappa shape index (κ3) is 2.95. The summed E-state index contributed by atoms with van der Waals surface area (Å²) in [6.45, 7) is 0. The van der Waals surface area contributed by atoms with Gasteiger partial charge in [0.25, 0.3) is 5.91 Å². The summed E-state index contributed by atoms with van der Waals surface area (Å²) in [4.78, 5) is 13.6. The van der Waals surface area contributed by atoms with Crippen LogP contribution in [-0.2, 0) is 4.79 Å². The lowest BCUT2D eigenvalue weighted by Gasteiger charge is -1.99. The first-order valence-corrected chi connectivity index (χ1v) is 9.97. The summed E-state index contributed by atoms with van der Waals surface area (Å²) in [6.07, 6.45) is 3.84. The molecular weight excluding hydrogens is 390 g/mol. The van der Waals surface area contributed by atoms with Crippen molar-refractivity contribution < 1.29 is 4.79 Å². The van der Waals surface area contributed by atoms with Crippen molar-refractivity contribution in [1.29, 1.82) is 0 Å². The molecule has 136 valence electrons. The number of halogens is 1. The Hall–Kier alpha value is -3.15. The average molecular weight is 404 g/mol. The van der Waals surface area contributed by atoms with Crippen LogP contribution in [0.4, 0.5) is 5.69 Å². The van der Waals surface area contributed by atoms with Gasteiger partial charge in [0.1, 0.15) is 5.69 Å². The molecule has 3 heterocycles. The van der Waals surface area contributed by atoms with E-state index in [1.165, 1.54) is 0 Å². The average Bonchev–Trinajstić information content (AvgIpc) is 3.43. The van der Waals surface area contributed by atoms with Gasteiger partial charge in [0.2, 0.25) is 0 Å². The van der Waals surface area contributed by atoms with Crippen LogP contribution in [0.3, 0.4) is 0 Å². The molecule has 0 saturated carbocycles. The summed E-state index contributed by atoms with van der Waals surface area (Å²) in [5.41, 5.74) is 4.85. The van der Waals surface area contributed by atoms with Gasteiger partial charge in [0.15, 0.2) is 0 Å². The first kappa shape index (κ1) is 17.0. The molecule has 1 aliphatic heterocycles. The normalized spacial score (nSPS) is 14.3. The molecule has 1 N–H and O–H groups in total. The smallest absolute Gasteiger partial charge is 0.256 e. The molecule has 0 fully saturated rings. The van der Waals surface area contributed by atoms with Crippen molar-refractivity contribution in [1.82, 2.24) is 9.78 Å². The van der Waals surface area contributed by atoms with E-state index < -0.39 is 0 Å². The maximum absolute atomic E-state index is 12.6. The third-order valence-electron chi connectivity index (χ3n) is 4.58. The highest BCUT2D eigenvalue weighted by molar-refractivity contribution is 7.13. The van der Waals surface area contributed by atoms with E-state index in [1.807, 2.05) is 76.9 Å². The van der Waals surface area contributed by atoms with Gasteiger partial charge in [-0.05, 0) is 47.9 Å². The molecule has 0 aliphatic carbocycles. The molecule has 0 saturated heterocycles. The van der Waals surface area contributed by atoms with Gasteiger partial charge in [-0.2, -0.15) is 5.10 Å². The Morgan fingerprint density at radius 1 is 1.07 bits per heavy atom. The first-order valence-electron chi connectivity index (χ1n) is 8.71. The number of para-hydroxylation sites is 1. The Balaban J connectivity index is 1.68. The molecule has 0 unspecified atom stereocenters. The van der Waals surface area contributed by atoms with E-state index in [4.69, 9.17) is 16.7 Å². The predicted molar refractivity (Wildman–Crippen MR) is 115 cm³/mol. The van der Waals surface area contributed by atoms with Crippen LogP contribution in [0.25, 0.3) is 27.9 Å². The lowest BCUT2D eigenvalue weighted by Crippen LogP contribution is -2.03.